The van der Waals surface area contributed by atoms with Crippen LogP contribution in [0.3, 0.4) is 0 Å². The maximum Gasteiger partial charge on any atom is 0.243 e. The molecule has 5 heteroatoms. The van der Waals surface area contributed by atoms with Crippen LogP contribution in [0.2, 0.25) is 0 Å². The summed E-state index contributed by atoms with van der Waals surface area (Å²) in [6.45, 7) is 8.12. The zero-order valence-corrected chi connectivity index (χ0v) is 12.0. The maximum atomic E-state index is 11.2. The van der Waals surface area contributed by atoms with Gasteiger partial charge >= 0.3 is 0 Å². The van der Waals surface area contributed by atoms with Gasteiger partial charge in [-0.05, 0) is 36.8 Å². The first-order chi connectivity index (χ1) is 9.72. The predicted octanol–water partition coefficient (Wildman–Crippen LogP) is 1.56. The van der Waals surface area contributed by atoms with Crippen molar-refractivity contribution in [1.82, 2.24) is 15.3 Å². The molecular weight excluding hydrogens is 252 g/mol. The minimum Gasteiger partial charge on any atom is -0.352 e. The molecule has 1 aromatic heterocycles. The van der Waals surface area contributed by atoms with E-state index in [2.05, 4.69) is 33.7 Å². The molecule has 108 valence electrons. The third-order valence-corrected chi connectivity index (χ3v) is 3.65. The molecule has 0 radical (unpaired) electrons. The van der Waals surface area contributed by atoms with Crippen LogP contribution in [0.1, 0.15) is 25.3 Å². The summed E-state index contributed by atoms with van der Waals surface area (Å²) in [5.41, 5.74) is 1.15. The average molecular weight is 274 g/mol. The number of hydrogen-bond donors (Lipinski definition) is 1. The number of carbonyl (C=O) groups is 1. The lowest BCUT2D eigenvalue weighted by molar-refractivity contribution is -0.116. The van der Waals surface area contributed by atoms with Gasteiger partial charge in [0.25, 0.3) is 0 Å². The van der Waals surface area contributed by atoms with Gasteiger partial charge in [-0.1, -0.05) is 13.5 Å². The first-order valence-corrected chi connectivity index (χ1v) is 7.19. The van der Waals surface area contributed by atoms with E-state index in [0.717, 1.165) is 43.9 Å². The highest BCUT2D eigenvalue weighted by Crippen LogP contribution is 2.19. The highest BCUT2D eigenvalue weighted by atomic mass is 16.1. The van der Waals surface area contributed by atoms with Crippen molar-refractivity contribution < 1.29 is 4.79 Å². The lowest BCUT2D eigenvalue weighted by Crippen LogP contribution is -2.41. The molecule has 0 saturated carbocycles. The molecule has 1 fully saturated rings. The lowest BCUT2D eigenvalue weighted by atomic mass is 9.98. The number of aryl methyl sites for hydroxylation is 1. The highest BCUT2D eigenvalue weighted by Gasteiger charge is 2.21. The predicted molar refractivity (Wildman–Crippen MR) is 79.6 cm³/mol. The Balaban J connectivity index is 1.91. The van der Waals surface area contributed by atoms with Crippen molar-refractivity contribution >= 4 is 11.9 Å². The molecule has 2 rings (SSSR count). The first kappa shape index (κ1) is 14.5. The maximum absolute atomic E-state index is 11.2. The molecule has 1 amide bonds. The van der Waals surface area contributed by atoms with Gasteiger partial charge in [-0.15, -0.1) is 0 Å². The van der Waals surface area contributed by atoms with Crippen molar-refractivity contribution in [2.75, 3.05) is 24.5 Å². The normalized spacial score (nSPS) is 18.6. The van der Waals surface area contributed by atoms with Crippen molar-refractivity contribution in [2.24, 2.45) is 5.92 Å². The topological polar surface area (TPSA) is 58.1 Å². The van der Waals surface area contributed by atoms with Gasteiger partial charge < -0.3 is 10.2 Å². The minimum absolute atomic E-state index is 0.106. The molecule has 1 aliphatic heterocycles. The van der Waals surface area contributed by atoms with Crippen molar-refractivity contribution in [3.05, 3.63) is 30.6 Å². The molecule has 0 unspecified atom stereocenters. The Kier molecular flexibility index (Phi) is 5.09. The smallest absolute Gasteiger partial charge is 0.243 e. The van der Waals surface area contributed by atoms with Crippen LogP contribution in [0, 0.1) is 5.92 Å². The van der Waals surface area contributed by atoms with Crippen LogP contribution >= 0.6 is 0 Å². The molecule has 20 heavy (non-hydrogen) atoms. The van der Waals surface area contributed by atoms with Crippen molar-refractivity contribution in [3.8, 4) is 0 Å². The molecule has 1 N–H and O–H groups in total. The van der Waals surface area contributed by atoms with Gasteiger partial charge in [-0.25, -0.2) is 9.97 Å². The van der Waals surface area contributed by atoms with E-state index in [1.165, 1.54) is 6.08 Å². The fraction of sp³-hybridized carbons (Fsp3) is 0.533. The number of hydrogen-bond acceptors (Lipinski definition) is 4. The Morgan fingerprint density at radius 2 is 2.30 bits per heavy atom. The lowest BCUT2D eigenvalue weighted by Gasteiger charge is -2.32. The Labute approximate surface area is 120 Å². The van der Waals surface area contributed by atoms with E-state index < -0.39 is 0 Å². The minimum atomic E-state index is -0.106. The van der Waals surface area contributed by atoms with Gasteiger partial charge in [0.15, 0.2) is 0 Å². The third-order valence-electron chi connectivity index (χ3n) is 3.65. The number of carbonyl (C=O) groups excluding carboxylic acids is 1. The molecular formula is C15H22N4O. The Bertz CT molecular complexity index is 457. The second-order valence-electron chi connectivity index (χ2n) is 5.15. The molecule has 0 bridgehead atoms. The van der Waals surface area contributed by atoms with Crippen molar-refractivity contribution in [2.45, 2.75) is 26.2 Å². The van der Waals surface area contributed by atoms with Crippen LogP contribution in [-0.4, -0.2) is 35.5 Å². The summed E-state index contributed by atoms with van der Waals surface area (Å²) in [4.78, 5) is 22.3. The van der Waals surface area contributed by atoms with Crippen molar-refractivity contribution in [1.29, 1.82) is 0 Å². The molecule has 0 aliphatic carbocycles. The van der Waals surface area contributed by atoms with Crippen LogP contribution in [0.15, 0.2) is 25.0 Å². The number of nitrogens with zero attached hydrogens (tertiary/aromatic N) is 3. The van der Waals surface area contributed by atoms with E-state index in [-0.39, 0.29) is 5.91 Å². The quantitative estimate of drug-likeness (QED) is 0.828. The fourth-order valence-electron chi connectivity index (χ4n) is 2.42. The van der Waals surface area contributed by atoms with Crippen LogP contribution in [0.5, 0.6) is 0 Å². The fourth-order valence-corrected chi connectivity index (χ4v) is 2.42. The van der Waals surface area contributed by atoms with E-state index in [0.29, 0.717) is 12.5 Å². The van der Waals surface area contributed by atoms with Crippen molar-refractivity contribution in [3.63, 3.8) is 0 Å². The van der Waals surface area contributed by atoms with E-state index in [1.807, 2.05) is 12.4 Å². The summed E-state index contributed by atoms with van der Waals surface area (Å²) in [5, 5.41) is 2.87. The van der Waals surface area contributed by atoms with Crippen LogP contribution in [0.25, 0.3) is 0 Å². The van der Waals surface area contributed by atoms with Gasteiger partial charge in [0.2, 0.25) is 11.9 Å². The molecule has 0 spiro atoms. The summed E-state index contributed by atoms with van der Waals surface area (Å²) >= 11 is 0. The number of nitrogens with one attached hydrogen (secondary N) is 1. The number of piperidine rings is 1. The van der Waals surface area contributed by atoms with Crippen LogP contribution < -0.4 is 10.2 Å². The summed E-state index contributed by atoms with van der Waals surface area (Å²) in [6, 6.07) is 0. The standard InChI is InChI=1S/C15H22N4O/c1-3-12-8-17-15(18-9-12)19-7-5-6-13(11-19)10-16-14(20)4-2/h4,8-9,13H,2-3,5-7,10-11H2,1H3,(H,16,20)/t13-/m1/s1. The Morgan fingerprint density at radius 3 is 2.95 bits per heavy atom. The number of aromatic nitrogens is 2. The van der Waals surface area contributed by atoms with E-state index in [1.54, 1.807) is 0 Å². The highest BCUT2D eigenvalue weighted by molar-refractivity contribution is 5.86. The number of anilines is 1. The van der Waals surface area contributed by atoms with E-state index >= 15 is 0 Å². The Hall–Kier alpha value is -1.91. The van der Waals surface area contributed by atoms with Gasteiger partial charge in [-0.3, -0.25) is 4.79 Å². The second-order valence-corrected chi connectivity index (χ2v) is 5.15. The van der Waals surface area contributed by atoms with Gasteiger partial charge in [0, 0.05) is 32.0 Å². The van der Waals surface area contributed by atoms with E-state index in [9.17, 15) is 4.79 Å². The number of amides is 1. The summed E-state index contributed by atoms with van der Waals surface area (Å²) in [6.07, 6.45) is 8.29. The van der Waals surface area contributed by atoms with Crippen LogP contribution in [-0.2, 0) is 11.2 Å². The monoisotopic (exact) mass is 274 g/mol. The zero-order chi connectivity index (χ0) is 14.4. The van der Waals surface area contributed by atoms with Crippen LogP contribution in [0.4, 0.5) is 5.95 Å². The zero-order valence-electron chi connectivity index (χ0n) is 12.0. The first-order valence-electron chi connectivity index (χ1n) is 7.19. The second kappa shape index (κ2) is 7.03. The molecule has 0 aromatic carbocycles. The SMILES string of the molecule is C=CC(=O)NC[C@H]1CCCN(c2ncc(CC)cn2)C1. The van der Waals surface area contributed by atoms with Gasteiger partial charge in [-0.2, -0.15) is 0 Å². The Morgan fingerprint density at radius 1 is 1.55 bits per heavy atom. The summed E-state index contributed by atoms with van der Waals surface area (Å²) in [7, 11) is 0. The molecule has 1 aliphatic rings. The average Bonchev–Trinajstić information content (AvgIpc) is 2.53. The molecule has 1 aromatic rings. The molecule has 2 heterocycles. The summed E-state index contributed by atoms with van der Waals surface area (Å²) in [5.74, 6) is 1.13. The largest absolute Gasteiger partial charge is 0.352 e. The van der Waals surface area contributed by atoms with Gasteiger partial charge in [0.05, 0.1) is 0 Å². The molecule has 5 nitrogen and oxygen atoms in total. The molecule has 1 saturated heterocycles. The molecule has 1 atom stereocenters. The van der Waals surface area contributed by atoms with E-state index in [4.69, 9.17) is 0 Å². The third kappa shape index (κ3) is 3.79. The number of rotatable bonds is 5. The summed E-state index contributed by atoms with van der Waals surface area (Å²) < 4.78 is 0. The van der Waals surface area contributed by atoms with Gasteiger partial charge in [0.1, 0.15) is 0 Å².